The van der Waals surface area contributed by atoms with Crippen LogP contribution >= 0.6 is 0 Å². The molecule has 1 amide bonds. The molecule has 1 atom stereocenters. The molecule has 24 heavy (non-hydrogen) atoms. The van der Waals surface area contributed by atoms with E-state index < -0.39 is 0 Å². The highest BCUT2D eigenvalue weighted by Gasteiger charge is 2.32. The molecule has 1 aliphatic rings. The van der Waals surface area contributed by atoms with E-state index >= 15 is 0 Å². The summed E-state index contributed by atoms with van der Waals surface area (Å²) in [5.41, 5.74) is 0.148. The molecule has 0 unspecified atom stereocenters. The van der Waals surface area contributed by atoms with Gasteiger partial charge in [0.1, 0.15) is 0 Å². The molecule has 3 rings (SSSR count). The van der Waals surface area contributed by atoms with E-state index in [1.807, 2.05) is 0 Å². The van der Waals surface area contributed by atoms with Crippen molar-refractivity contribution in [3.8, 4) is 11.5 Å². The fraction of sp³-hybridized carbons (Fsp3) is 0.529. The quantitative estimate of drug-likeness (QED) is 0.872. The number of amides is 1. The SMILES string of the molecule is CC[C@](C)(CNC(=O)c1cc(-c2ccco2)on1)N1CCOCC1. The van der Waals surface area contributed by atoms with Crippen molar-refractivity contribution in [3.05, 3.63) is 30.2 Å². The lowest BCUT2D eigenvalue weighted by Gasteiger charge is -2.42. The van der Waals surface area contributed by atoms with Crippen molar-refractivity contribution >= 4 is 5.91 Å². The molecule has 0 aliphatic carbocycles. The number of furan rings is 1. The Labute approximate surface area is 140 Å². The summed E-state index contributed by atoms with van der Waals surface area (Å²) in [5.74, 6) is 0.745. The fourth-order valence-corrected chi connectivity index (χ4v) is 2.84. The van der Waals surface area contributed by atoms with Crippen LogP contribution in [0.3, 0.4) is 0 Å². The third kappa shape index (κ3) is 3.52. The zero-order valence-electron chi connectivity index (χ0n) is 14.1. The second-order valence-electron chi connectivity index (χ2n) is 6.19. The van der Waals surface area contributed by atoms with E-state index in [9.17, 15) is 4.79 Å². The van der Waals surface area contributed by atoms with Crippen LogP contribution in [0.4, 0.5) is 0 Å². The Bertz CT molecular complexity index is 661. The Morgan fingerprint density at radius 2 is 2.17 bits per heavy atom. The van der Waals surface area contributed by atoms with Gasteiger partial charge in [0, 0.05) is 31.2 Å². The van der Waals surface area contributed by atoms with Gasteiger partial charge in [-0.25, -0.2) is 0 Å². The molecular formula is C17H23N3O4. The highest BCUT2D eigenvalue weighted by molar-refractivity contribution is 5.92. The van der Waals surface area contributed by atoms with Crippen LogP contribution in [0.2, 0.25) is 0 Å². The molecule has 130 valence electrons. The lowest BCUT2D eigenvalue weighted by Crippen LogP contribution is -2.56. The maximum atomic E-state index is 12.4. The van der Waals surface area contributed by atoms with Gasteiger partial charge in [-0.3, -0.25) is 9.69 Å². The molecule has 0 saturated carbocycles. The van der Waals surface area contributed by atoms with Crippen molar-refractivity contribution < 1.29 is 18.5 Å². The first-order chi connectivity index (χ1) is 11.6. The second-order valence-corrected chi connectivity index (χ2v) is 6.19. The van der Waals surface area contributed by atoms with Gasteiger partial charge in [0.2, 0.25) is 5.76 Å². The van der Waals surface area contributed by atoms with Crippen molar-refractivity contribution in [3.63, 3.8) is 0 Å². The number of carbonyl (C=O) groups is 1. The molecule has 3 heterocycles. The minimum Gasteiger partial charge on any atom is -0.461 e. The predicted octanol–water partition coefficient (Wildman–Crippen LogP) is 2.17. The van der Waals surface area contributed by atoms with Crippen LogP contribution in [0.25, 0.3) is 11.5 Å². The maximum absolute atomic E-state index is 12.4. The van der Waals surface area contributed by atoms with Gasteiger partial charge in [-0.15, -0.1) is 0 Å². The number of hydrogen-bond acceptors (Lipinski definition) is 6. The van der Waals surface area contributed by atoms with E-state index in [1.54, 1.807) is 24.5 Å². The van der Waals surface area contributed by atoms with Crippen molar-refractivity contribution in [2.75, 3.05) is 32.8 Å². The number of rotatable bonds is 6. The van der Waals surface area contributed by atoms with E-state index in [1.165, 1.54) is 0 Å². The van der Waals surface area contributed by atoms with Gasteiger partial charge in [0.25, 0.3) is 5.91 Å². The number of carbonyl (C=O) groups excluding carboxylic acids is 1. The molecule has 2 aromatic heterocycles. The number of morpholine rings is 1. The first-order valence-corrected chi connectivity index (χ1v) is 8.24. The molecule has 1 saturated heterocycles. The highest BCUT2D eigenvalue weighted by atomic mass is 16.5. The normalized spacial score (nSPS) is 18.2. The lowest BCUT2D eigenvalue weighted by atomic mass is 9.95. The summed E-state index contributed by atoms with van der Waals surface area (Å²) in [6, 6.07) is 5.10. The molecule has 0 spiro atoms. The molecule has 7 heteroatoms. The summed E-state index contributed by atoms with van der Waals surface area (Å²) in [5, 5.41) is 6.80. The molecule has 7 nitrogen and oxygen atoms in total. The van der Waals surface area contributed by atoms with Crippen LogP contribution in [-0.2, 0) is 4.74 Å². The average molecular weight is 333 g/mol. The van der Waals surface area contributed by atoms with Crippen LogP contribution in [-0.4, -0.2) is 54.4 Å². The van der Waals surface area contributed by atoms with Crippen molar-refractivity contribution in [1.82, 2.24) is 15.4 Å². The van der Waals surface area contributed by atoms with Gasteiger partial charge in [-0.1, -0.05) is 12.1 Å². The monoisotopic (exact) mass is 333 g/mol. The molecule has 1 aliphatic heterocycles. The fourth-order valence-electron chi connectivity index (χ4n) is 2.84. The Hall–Kier alpha value is -2.12. The van der Waals surface area contributed by atoms with E-state index in [0.717, 1.165) is 32.7 Å². The molecule has 1 fully saturated rings. The summed E-state index contributed by atoms with van der Waals surface area (Å²) in [7, 11) is 0. The minimum atomic E-state index is -0.246. The summed E-state index contributed by atoms with van der Waals surface area (Å²) in [4.78, 5) is 14.7. The molecular weight excluding hydrogens is 310 g/mol. The summed E-state index contributed by atoms with van der Waals surface area (Å²) in [6.07, 6.45) is 2.48. The molecule has 0 bridgehead atoms. The van der Waals surface area contributed by atoms with Crippen molar-refractivity contribution in [2.24, 2.45) is 0 Å². The first kappa shape index (κ1) is 16.7. The van der Waals surface area contributed by atoms with Crippen LogP contribution in [0, 0.1) is 0 Å². The van der Waals surface area contributed by atoms with E-state index in [4.69, 9.17) is 13.7 Å². The van der Waals surface area contributed by atoms with Crippen LogP contribution in [0.15, 0.2) is 33.4 Å². The smallest absolute Gasteiger partial charge is 0.273 e. The summed E-state index contributed by atoms with van der Waals surface area (Å²) < 4.78 is 15.8. The van der Waals surface area contributed by atoms with Gasteiger partial charge in [0.05, 0.1) is 19.5 Å². The van der Waals surface area contributed by atoms with Gasteiger partial charge in [-0.2, -0.15) is 0 Å². The largest absolute Gasteiger partial charge is 0.461 e. The second kappa shape index (κ2) is 7.19. The predicted molar refractivity (Wildman–Crippen MR) is 87.6 cm³/mol. The Balaban J connectivity index is 1.61. The van der Waals surface area contributed by atoms with Gasteiger partial charge in [0.15, 0.2) is 11.5 Å². The lowest BCUT2D eigenvalue weighted by molar-refractivity contribution is -0.0169. The molecule has 1 N–H and O–H groups in total. The Morgan fingerprint density at radius 1 is 1.38 bits per heavy atom. The maximum Gasteiger partial charge on any atom is 0.273 e. The number of nitrogens with zero attached hydrogens (tertiary/aromatic N) is 2. The van der Waals surface area contributed by atoms with Crippen LogP contribution < -0.4 is 5.32 Å². The molecule has 0 aromatic carbocycles. The zero-order chi connectivity index (χ0) is 17.0. The molecule has 0 radical (unpaired) electrons. The summed E-state index contributed by atoms with van der Waals surface area (Å²) >= 11 is 0. The van der Waals surface area contributed by atoms with Crippen LogP contribution in [0.5, 0.6) is 0 Å². The van der Waals surface area contributed by atoms with Gasteiger partial charge < -0.3 is 19.0 Å². The number of aromatic nitrogens is 1. The highest BCUT2D eigenvalue weighted by Crippen LogP contribution is 2.22. The number of hydrogen-bond donors (Lipinski definition) is 1. The van der Waals surface area contributed by atoms with E-state index in [-0.39, 0.29) is 17.1 Å². The van der Waals surface area contributed by atoms with Crippen LogP contribution in [0.1, 0.15) is 30.8 Å². The first-order valence-electron chi connectivity index (χ1n) is 8.24. The van der Waals surface area contributed by atoms with Crippen molar-refractivity contribution in [1.29, 1.82) is 0 Å². The minimum absolute atomic E-state index is 0.104. The van der Waals surface area contributed by atoms with Crippen molar-refractivity contribution in [2.45, 2.75) is 25.8 Å². The third-order valence-corrected chi connectivity index (χ3v) is 4.67. The number of ether oxygens (including phenoxy) is 1. The molecule has 2 aromatic rings. The number of nitrogens with one attached hydrogen (secondary N) is 1. The Morgan fingerprint density at radius 3 is 2.83 bits per heavy atom. The van der Waals surface area contributed by atoms with E-state index in [0.29, 0.717) is 18.1 Å². The standard InChI is InChI=1S/C17H23N3O4/c1-3-17(2,20-6-9-22-10-7-20)12-18-16(21)13-11-15(24-19-13)14-5-4-8-23-14/h4-5,8,11H,3,6-7,9-10,12H2,1-2H3,(H,18,21)/t17-/m1/s1. The summed E-state index contributed by atoms with van der Waals surface area (Å²) in [6.45, 7) is 8.08. The van der Waals surface area contributed by atoms with Gasteiger partial charge >= 0.3 is 0 Å². The third-order valence-electron chi connectivity index (χ3n) is 4.67. The Kier molecular flexibility index (Phi) is 5.01. The van der Waals surface area contributed by atoms with E-state index in [2.05, 4.69) is 29.2 Å². The zero-order valence-corrected chi connectivity index (χ0v) is 14.1. The average Bonchev–Trinajstić information content (AvgIpc) is 3.31. The topological polar surface area (TPSA) is 80.7 Å². The van der Waals surface area contributed by atoms with Gasteiger partial charge in [-0.05, 0) is 25.5 Å².